The normalized spacial score (nSPS) is 15.6. The van der Waals surface area contributed by atoms with Crippen molar-refractivity contribution >= 4 is 11.9 Å². The maximum atomic E-state index is 11.8. The zero-order chi connectivity index (χ0) is 24.5. The summed E-state index contributed by atoms with van der Waals surface area (Å²) in [7, 11) is 2.11. The number of carbonyl (C=O) groups excluding carboxylic acids is 2. The first-order chi connectivity index (χ1) is 14.8. The molecule has 0 bridgehead atoms. The van der Waals surface area contributed by atoms with Crippen LogP contribution in [0, 0.1) is 5.41 Å². The van der Waals surface area contributed by atoms with Crippen LogP contribution in [0.3, 0.4) is 0 Å². The summed E-state index contributed by atoms with van der Waals surface area (Å²) >= 11 is 0. The second-order valence-corrected chi connectivity index (χ2v) is 10.6. The molecule has 1 atom stereocenters. The van der Waals surface area contributed by atoms with Crippen LogP contribution in [0.4, 0.5) is 0 Å². The Morgan fingerprint density at radius 3 is 1.91 bits per heavy atom. The van der Waals surface area contributed by atoms with E-state index in [-0.39, 0.29) is 38.3 Å². The van der Waals surface area contributed by atoms with Crippen molar-refractivity contribution < 1.29 is 19.1 Å². The number of piperidine rings is 1. The molecule has 0 aromatic heterocycles. The first-order valence-electron chi connectivity index (χ1n) is 12.0. The highest BCUT2D eigenvalue weighted by molar-refractivity contribution is 5.89. The van der Waals surface area contributed by atoms with Gasteiger partial charge in [0.1, 0.15) is 11.7 Å². The van der Waals surface area contributed by atoms with Gasteiger partial charge in [0, 0.05) is 13.1 Å². The summed E-state index contributed by atoms with van der Waals surface area (Å²) in [4.78, 5) is 25.9. The fourth-order valence-electron chi connectivity index (χ4n) is 3.08. The molecule has 0 radical (unpaired) electrons. The van der Waals surface area contributed by atoms with Gasteiger partial charge in [-0.1, -0.05) is 47.8 Å². The molecule has 34 heavy (non-hydrogen) atoms. The molecule has 1 aromatic carbocycles. The van der Waals surface area contributed by atoms with Crippen molar-refractivity contribution in [1.82, 2.24) is 4.90 Å². The van der Waals surface area contributed by atoms with Crippen LogP contribution < -0.4 is 0 Å². The van der Waals surface area contributed by atoms with E-state index in [0.717, 1.165) is 38.8 Å². The van der Waals surface area contributed by atoms with Gasteiger partial charge in [-0.3, -0.25) is 4.79 Å². The predicted molar refractivity (Wildman–Crippen MR) is 144 cm³/mol. The lowest BCUT2D eigenvalue weighted by Gasteiger charge is -2.31. The lowest BCUT2D eigenvalue weighted by Crippen LogP contribution is -2.38. The summed E-state index contributed by atoms with van der Waals surface area (Å²) in [6.45, 7) is 17.9. The molecule has 1 saturated heterocycles. The van der Waals surface area contributed by atoms with Gasteiger partial charge in [0.05, 0.1) is 11.0 Å². The van der Waals surface area contributed by atoms with Crippen LogP contribution in [0.5, 0.6) is 0 Å². The average molecular weight is 480 g/mol. The summed E-state index contributed by atoms with van der Waals surface area (Å²) in [5.41, 5.74) is 1.11. The molecule has 0 amide bonds. The van der Waals surface area contributed by atoms with Crippen molar-refractivity contribution in [3.8, 4) is 0 Å². The Bertz CT molecular complexity index is 711. The Balaban J connectivity index is 0. The van der Waals surface area contributed by atoms with Crippen molar-refractivity contribution in [2.75, 3.05) is 20.1 Å². The molecule has 1 fully saturated rings. The van der Waals surface area contributed by atoms with Gasteiger partial charge in [-0.05, 0) is 91.0 Å². The molecule has 198 valence electrons. The van der Waals surface area contributed by atoms with E-state index in [0.29, 0.717) is 11.5 Å². The van der Waals surface area contributed by atoms with E-state index in [1.54, 1.807) is 0 Å². The van der Waals surface area contributed by atoms with Gasteiger partial charge in [0.25, 0.3) is 0 Å². The van der Waals surface area contributed by atoms with Crippen LogP contribution >= 0.6 is 0 Å². The Morgan fingerprint density at radius 1 is 1.00 bits per heavy atom. The molecule has 0 N–H and O–H groups in total. The van der Waals surface area contributed by atoms with E-state index < -0.39 is 5.60 Å². The van der Waals surface area contributed by atoms with Crippen molar-refractivity contribution in [1.29, 1.82) is 0 Å². The SMILES string of the molecule is C.C.CCC(C)(C)C(=O)OC1CCN(C)CC1.CCC(C)c1ccc(C(=O)OC(C)(C)C)cc1. The molecule has 0 saturated carbocycles. The number of carbonyl (C=O) groups is 2. The van der Waals surface area contributed by atoms with Crippen LogP contribution in [0.2, 0.25) is 0 Å². The first-order valence-corrected chi connectivity index (χ1v) is 12.0. The van der Waals surface area contributed by atoms with E-state index >= 15 is 0 Å². The highest BCUT2D eigenvalue weighted by Gasteiger charge is 2.30. The van der Waals surface area contributed by atoms with E-state index in [2.05, 4.69) is 25.8 Å². The number of likely N-dealkylation sites (tertiary alicyclic amines) is 1. The molecule has 1 aromatic rings. The van der Waals surface area contributed by atoms with Crippen molar-refractivity contribution in [3.63, 3.8) is 0 Å². The number of hydrogen-bond donors (Lipinski definition) is 0. The fraction of sp³-hybridized carbons (Fsp3) is 0.724. The van der Waals surface area contributed by atoms with Gasteiger partial charge in [-0.15, -0.1) is 0 Å². The monoisotopic (exact) mass is 479 g/mol. The minimum atomic E-state index is -0.438. The number of benzene rings is 1. The smallest absolute Gasteiger partial charge is 0.338 e. The number of hydrogen-bond acceptors (Lipinski definition) is 5. The molecule has 5 nitrogen and oxygen atoms in total. The second-order valence-electron chi connectivity index (χ2n) is 10.6. The summed E-state index contributed by atoms with van der Waals surface area (Å²) in [6, 6.07) is 7.70. The zero-order valence-electron chi connectivity index (χ0n) is 21.8. The Hall–Kier alpha value is -1.88. The highest BCUT2D eigenvalue weighted by Crippen LogP contribution is 2.24. The maximum absolute atomic E-state index is 11.8. The third-order valence-electron chi connectivity index (χ3n) is 6.10. The number of nitrogens with zero attached hydrogens (tertiary/aromatic N) is 1. The molecule has 5 heteroatoms. The Morgan fingerprint density at radius 2 is 1.50 bits per heavy atom. The first kappa shape index (κ1) is 34.3. The number of esters is 2. The van der Waals surface area contributed by atoms with Crippen molar-refractivity contribution in [3.05, 3.63) is 35.4 Å². The van der Waals surface area contributed by atoms with Crippen molar-refractivity contribution in [2.45, 2.75) is 114 Å². The van der Waals surface area contributed by atoms with E-state index in [1.807, 2.05) is 65.8 Å². The second kappa shape index (κ2) is 15.2. The summed E-state index contributed by atoms with van der Waals surface area (Å²) in [5.74, 6) is 0.232. The molecular formula is C29H53NO4. The lowest BCUT2D eigenvalue weighted by atomic mass is 9.90. The molecule has 1 aliphatic rings. The van der Waals surface area contributed by atoms with Crippen LogP contribution in [0.1, 0.15) is 118 Å². The quantitative estimate of drug-likeness (QED) is 0.396. The maximum Gasteiger partial charge on any atom is 0.338 e. The standard InChI is InChI=1S/C15H22O2.C12H23NO2.2CH4/c1-6-11(2)12-7-9-13(10-8-12)14(16)17-15(3,4)5;1-5-12(2,3)11(14)15-10-6-8-13(4)9-7-10;;/h7-11H,6H2,1-5H3;10H,5-9H2,1-4H3;2*1H4. The van der Waals surface area contributed by atoms with E-state index in [1.165, 1.54) is 5.56 Å². The zero-order valence-corrected chi connectivity index (χ0v) is 21.8. The van der Waals surface area contributed by atoms with Crippen LogP contribution in [-0.4, -0.2) is 48.7 Å². The molecule has 1 heterocycles. The minimum absolute atomic E-state index is 0. The Labute approximate surface area is 210 Å². The molecule has 0 spiro atoms. The van der Waals surface area contributed by atoms with E-state index in [4.69, 9.17) is 9.47 Å². The highest BCUT2D eigenvalue weighted by atomic mass is 16.6. The van der Waals surface area contributed by atoms with Crippen LogP contribution in [-0.2, 0) is 14.3 Å². The number of rotatable bonds is 6. The molecule has 2 rings (SSSR count). The summed E-state index contributed by atoms with van der Waals surface area (Å²) in [5, 5.41) is 0. The fourth-order valence-corrected chi connectivity index (χ4v) is 3.08. The minimum Gasteiger partial charge on any atom is -0.462 e. The van der Waals surface area contributed by atoms with Crippen LogP contribution in [0.15, 0.2) is 24.3 Å². The van der Waals surface area contributed by atoms with E-state index in [9.17, 15) is 9.59 Å². The van der Waals surface area contributed by atoms with Gasteiger partial charge < -0.3 is 14.4 Å². The summed E-state index contributed by atoms with van der Waals surface area (Å²) < 4.78 is 10.8. The Kier molecular flexibility index (Phi) is 15.3. The molecule has 0 aliphatic carbocycles. The third-order valence-corrected chi connectivity index (χ3v) is 6.10. The predicted octanol–water partition coefficient (Wildman–Crippen LogP) is 7.49. The third kappa shape index (κ3) is 12.0. The topological polar surface area (TPSA) is 55.8 Å². The summed E-state index contributed by atoms with van der Waals surface area (Å²) in [6.07, 6.45) is 4.02. The van der Waals surface area contributed by atoms with Gasteiger partial charge in [-0.25, -0.2) is 4.79 Å². The molecule has 1 aliphatic heterocycles. The average Bonchev–Trinajstić information content (AvgIpc) is 2.74. The largest absolute Gasteiger partial charge is 0.462 e. The lowest BCUT2D eigenvalue weighted by molar-refractivity contribution is -0.161. The van der Waals surface area contributed by atoms with Gasteiger partial charge in [0.2, 0.25) is 0 Å². The van der Waals surface area contributed by atoms with Gasteiger partial charge in [-0.2, -0.15) is 0 Å². The number of ether oxygens (including phenoxy) is 2. The van der Waals surface area contributed by atoms with Crippen LogP contribution in [0.25, 0.3) is 0 Å². The van der Waals surface area contributed by atoms with Crippen molar-refractivity contribution in [2.24, 2.45) is 5.41 Å². The van der Waals surface area contributed by atoms with Gasteiger partial charge >= 0.3 is 11.9 Å². The van der Waals surface area contributed by atoms with Gasteiger partial charge in [0.15, 0.2) is 0 Å². The molecular weight excluding hydrogens is 426 g/mol. The molecule has 1 unspecified atom stereocenters.